The molecule has 2 rings (SSSR count). The smallest absolute Gasteiger partial charge is 0.145 e. The summed E-state index contributed by atoms with van der Waals surface area (Å²) in [6, 6.07) is 2.78. The van der Waals surface area contributed by atoms with Crippen molar-refractivity contribution >= 4 is 21.6 Å². The van der Waals surface area contributed by atoms with Crippen molar-refractivity contribution in [1.82, 2.24) is 9.78 Å². The highest BCUT2D eigenvalue weighted by atomic mass is 79.9. The number of nitrogen functional groups attached to an aromatic ring is 1. The van der Waals surface area contributed by atoms with Gasteiger partial charge in [0.1, 0.15) is 11.6 Å². The first-order valence-corrected chi connectivity index (χ1v) is 6.20. The molecule has 1 aromatic heterocycles. The summed E-state index contributed by atoms with van der Waals surface area (Å²) in [4.78, 5) is 0. The monoisotopic (exact) mass is 313 g/mol. The summed E-state index contributed by atoms with van der Waals surface area (Å²) in [5, 5.41) is 4.06. The Hall–Kier alpha value is -1.56. The zero-order valence-corrected chi connectivity index (χ0v) is 11.4. The van der Waals surface area contributed by atoms with E-state index >= 15 is 0 Å². The minimum atomic E-state index is -0.388. The number of rotatable bonds is 4. The number of ether oxygens (including phenoxy) is 1. The number of benzene rings is 1. The van der Waals surface area contributed by atoms with E-state index in [1.165, 1.54) is 12.1 Å². The molecular formula is C12H13BrFN3O. The molecule has 0 aliphatic rings. The van der Waals surface area contributed by atoms with Crippen LogP contribution in [0.1, 0.15) is 5.56 Å². The number of nitrogens with two attached hydrogens (primary N) is 1. The number of hydrogen-bond acceptors (Lipinski definition) is 3. The van der Waals surface area contributed by atoms with Crippen LogP contribution in [0.5, 0.6) is 5.75 Å². The van der Waals surface area contributed by atoms with Crippen molar-refractivity contribution in [3.05, 3.63) is 40.4 Å². The molecule has 0 saturated carbocycles. The van der Waals surface area contributed by atoms with Crippen LogP contribution >= 0.6 is 15.9 Å². The van der Waals surface area contributed by atoms with Gasteiger partial charge in [0, 0.05) is 25.7 Å². The van der Waals surface area contributed by atoms with Crippen LogP contribution in [-0.2, 0) is 13.5 Å². The van der Waals surface area contributed by atoms with Crippen LogP contribution in [0.25, 0.3) is 0 Å². The van der Waals surface area contributed by atoms with Gasteiger partial charge in [-0.15, -0.1) is 0 Å². The van der Waals surface area contributed by atoms with Crippen molar-refractivity contribution in [3.63, 3.8) is 0 Å². The van der Waals surface area contributed by atoms with E-state index < -0.39 is 0 Å². The second-order valence-corrected chi connectivity index (χ2v) is 4.78. The van der Waals surface area contributed by atoms with Crippen molar-refractivity contribution in [2.45, 2.75) is 6.42 Å². The number of anilines is 1. The first-order chi connectivity index (χ1) is 8.56. The summed E-state index contributed by atoms with van der Waals surface area (Å²) in [6.07, 6.45) is 4.38. The lowest BCUT2D eigenvalue weighted by Crippen LogP contribution is -2.03. The summed E-state index contributed by atoms with van der Waals surface area (Å²) in [5.41, 5.74) is 7.21. The summed E-state index contributed by atoms with van der Waals surface area (Å²) in [5.74, 6) is -0.0276. The molecule has 2 aromatic rings. The fourth-order valence-corrected chi connectivity index (χ4v) is 1.91. The molecule has 2 N–H and O–H groups in total. The van der Waals surface area contributed by atoms with Crippen molar-refractivity contribution in [3.8, 4) is 5.75 Å². The summed E-state index contributed by atoms with van der Waals surface area (Å²) in [6.45, 7) is 0.428. The molecule has 1 aromatic carbocycles. The van der Waals surface area contributed by atoms with Crippen LogP contribution in [0.3, 0.4) is 0 Å². The minimum absolute atomic E-state index is 0.333. The highest BCUT2D eigenvalue weighted by Crippen LogP contribution is 2.28. The van der Waals surface area contributed by atoms with Crippen molar-refractivity contribution in [2.75, 3.05) is 12.3 Å². The van der Waals surface area contributed by atoms with Gasteiger partial charge >= 0.3 is 0 Å². The van der Waals surface area contributed by atoms with E-state index in [0.29, 0.717) is 28.9 Å². The normalized spacial score (nSPS) is 10.6. The molecule has 0 spiro atoms. The van der Waals surface area contributed by atoms with Gasteiger partial charge in [-0.2, -0.15) is 5.10 Å². The molecule has 0 bridgehead atoms. The molecule has 0 fully saturated rings. The van der Waals surface area contributed by atoms with E-state index in [-0.39, 0.29) is 5.82 Å². The SMILES string of the molecule is Cn1cc(CCOc2cc(F)c(Br)cc2N)cn1. The van der Waals surface area contributed by atoms with Gasteiger partial charge in [0.2, 0.25) is 0 Å². The molecule has 0 aliphatic carbocycles. The Balaban J connectivity index is 1.96. The minimum Gasteiger partial charge on any atom is -0.491 e. The fraction of sp³-hybridized carbons (Fsp3) is 0.250. The molecule has 4 nitrogen and oxygen atoms in total. The van der Waals surface area contributed by atoms with E-state index in [9.17, 15) is 4.39 Å². The Morgan fingerprint density at radius 1 is 1.50 bits per heavy atom. The molecule has 0 unspecified atom stereocenters. The molecule has 1 heterocycles. The van der Waals surface area contributed by atoms with E-state index in [2.05, 4.69) is 21.0 Å². The third-order valence-electron chi connectivity index (χ3n) is 2.46. The Morgan fingerprint density at radius 3 is 2.94 bits per heavy atom. The van der Waals surface area contributed by atoms with Gasteiger partial charge in [-0.3, -0.25) is 4.68 Å². The summed E-state index contributed by atoms with van der Waals surface area (Å²) < 4.78 is 20.8. The predicted octanol–water partition coefficient (Wildman–Crippen LogP) is 2.53. The van der Waals surface area contributed by atoms with Crippen molar-refractivity contribution < 1.29 is 9.13 Å². The van der Waals surface area contributed by atoms with Crippen LogP contribution in [-0.4, -0.2) is 16.4 Å². The van der Waals surface area contributed by atoms with E-state index in [4.69, 9.17) is 10.5 Å². The lowest BCUT2D eigenvalue weighted by atomic mass is 10.2. The number of nitrogens with zero attached hydrogens (tertiary/aromatic N) is 2. The van der Waals surface area contributed by atoms with Crippen LogP contribution in [0.15, 0.2) is 29.0 Å². The van der Waals surface area contributed by atoms with Gasteiger partial charge in [0.05, 0.1) is 23.0 Å². The van der Waals surface area contributed by atoms with Gasteiger partial charge in [0.15, 0.2) is 0 Å². The topological polar surface area (TPSA) is 53.1 Å². The molecule has 0 atom stereocenters. The maximum atomic E-state index is 13.3. The molecule has 0 amide bonds. The van der Waals surface area contributed by atoms with Gasteiger partial charge in [0.25, 0.3) is 0 Å². The zero-order chi connectivity index (χ0) is 13.1. The van der Waals surface area contributed by atoms with Crippen LogP contribution in [0, 0.1) is 5.82 Å². The number of halogens is 2. The molecule has 0 aliphatic heterocycles. The standard InChI is InChI=1S/C12H13BrFN3O/c1-17-7-8(6-16-17)2-3-18-12-5-10(14)9(13)4-11(12)15/h4-7H,2-3,15H2,1H3. The van der Waals surface area contributed by atoms with Crippen LogP contribution < -0.4 is 10.5 Å². The maximum Gasteiger partial charge on any atom is 0.145 e. The van der Waals surface area contributed by atoms with Crippen LogP contribution in [0.4, 0.5) is 10.1 Å². The van der Waals surface area contributed by atoms with E-state index in [0.717, 1.165) is 5.56 Å². The molecule has 6 heteroatoms. The molecule has 18 heavy (non-hydrogen) atoms. The Morgan fingerprint density at radius 2 is 2.28 bits per heavy atom. The predicted molar refractivity (Wildman–Crippen MR) is 70.9 cm³/mol. The Labute approximate surface area is 113 Å². The zero-order valence-electron chi connectivity index (χ0n) is 9.86. The average Bonchev–Trinajstić information content (AvgIpc) is 2.71. The third kappa shape index (κ3) is 3.01. The molecule has 0 saturated heterocycles. The van der Waals surface area contributed by atoms with Gasteiger partial charge in [-0.05, 0) is 27.6 Å². The largest absolute Gasteiger partial charge is 0.491 e. The van der Waals surface area contributed by atoms with Crippen molar-refractivity contribution in [2.24, 2.45) is 7.05 Å². The molecule has 0 radical (unpaired) electrons. The second-order valence-electron chi connectivity index (χ2n) is 3.92. The summed E-state index contributed by atoms with van der Waals surface area (Å²) in [7, 11) is 1.85. The highest BCUT2D eigenvalue weighted by molar-refractivity contribution is 9.10. The quantitative estimate of drug-likeness (QED) is 0.882. The van der Waals surface area contributed by atoms with Gasteiger partial charge in [-0.1, -0.05) is 0 Å². The summed E-state index contributed by atoms with van der Waals surface area (Å²) >= 11 is 3.07. The third-order valence-corrected chi connectivity index (χ3v) is 3.07. The lowest BCUT2D eigenvalue weighted by Gasteiger charge is -2.09. The van der Waals surface area contributed by atoms with E-state index in [1.54, 1.807) is 10.9 Å². The lowest BCUT2D eigenvalue weighted by molar-refractivity contribution is 0.322. The van der Waals surface area contributed by atoms with Crippen LogP contribution in [0.2, 0.25) is 0 Å². The van der Waals surface area contributed by atoms with Crippen molar-refractivity contribution in [1.29, 1.82) is 0 Å². The molecule has 96 valence electrons. The second kappa shape index (κ2) is 5.39. The van der Waals surface area contributed by atoms with Gasteiger partial charge < -0.3 is 10.5 Å². The fourth-order valence-electron chi connectivity index (χ4n) is 1.55. The highest BCUT2D eigenvalue weighted by Gasteiger charge is 2.07. The van der Waals surface area contributed by atoms with E-state index in [1.807, 2.05) is 13.2 Å². The first kappa shape index (κ1) is 12.9. The number of aromatic nitrogens is 2. The molecular weight excluding hydrogens is 301 g/mol. The number of aryl methyl sites for hydroxylation is 1. The van der Waals surface area contributed by atoms with Gasteiger partial charge in [-0.25, -0.2) is 4.39 Å². The first-order valence-electron chi connectivity index (χ1n) is 5.41. The maximum absolute atomic E-state index is 13.3. The number of hydrogen-bond donors (Lipinski definition) is 1. The average molecular weight is 314 g/mol. The Kier molecular flexibility index (Phi) is 3.86. The Bertz CT molecular complexity index is 556.